The third-order valence-corrected chi connectivity index (χ3v) is 1.84. The number of H-pyrrole nitrogens is 1. The first kappa shape index (κ1) is 6.58. The van der Waals surface area contributed by atoms with Gasteiger partial charge in [0.05, 0.1) is 0 Å². The van der Waals surface area contributed by atoms with Crippen molar-refractivity contribution >= 4 is 0 Å². The number of aromatic amines is 1. The highest BCUT2D eigenvalue weighted by atomic mass is 14.9. The molecule has 0 fully saturated rings. The van der Waals surface area contributed by atoms with Crippen LogP contribution in [-0.2, 0) is 0 Å². The Labute approximate surface area is 64.9 Å². The van der Waals surface area contributed by atoms with Crippen molar-refractivity contribution in [3.05, 3.63) is 23.1 Å². The molecule has 1 aromatic heterocycles. The third-order valence-electron chi connectivity index (χ3n) is 1.84. The number of aromatic nitrogens is 1. The molecular weight excluding hydrogens is 138 g/mol. The molecule has 0 saturated carbocycles. The molecule has 1 aliphatic heterocycles. The summed E-state index contributed by atoms with van der Waals surface area (Å²) in [6.45, 7) is 3.95. The lowest BCUT2D eigenvalue weighted by atomic mass is 10.2. The van der Waals surface area contributed by atoms with Crippen LogP contribution in [0.15, 0.2) is 22.2 Å². The van der Waals surface area contributed by atoms with Crippen LogP contribution < -0.4 is 10.8 Å². The van der Waals surface area contributed by atoms with E-state index in [9.17, 15) is 0 Å². The third kappa shape index (κ3) is 1.18. The van der Waals surface area contributed by atoms with Crippen molar-refractivity contribution in [1.29, 1.82) is 0 Å². The molecule has 1 atom stereocenters. The molecule has 0 amide bonds. The first-order valence-electron chi connectivity index (χ1n) is 3.88. The summed E-state index contributed by atoms with van der Waals surface area (Å²) in [6.07, 6.45) is 1.88. The summed E-state index contributed by atoms with van der Waals surface area (Å²) in [5, 5.41) is 1.01. The largest absolute Gasteiger partial charge is 0.345 e. The minimum absolute atomic E-state index is 0.579. The van der Waals surface area contributed by atoms with E-state index in [0.717, 1.165) is 23.9 Å². The van der Waals surface area contributed by atoms with Crippen LogP contribution in [0.2, 0.25) is 0 Å². The highest BCUT2D eigenvalue weighted by molar-refractivity contribution is 4.90. The van der Waals surface area contributed by atoms with Gasteiger partial charge in [-0.05, 0) is 12.0 Å². The second kappa shape index (κ2) is 2.49. The zero-order chi connectivity index (χ0) is 7.68. The molecular formula is C8H11N3. The Morgan fingerprint density at radius 2 is 2.27 bits per heavy atom. The van der Waals surface area contributed by atoms with E-state index in [1.807, 2.05) is 12.3 Å². The van der Waals surface area contributed by atoms with Crippen LogP contribution >= 0.6 is 0 Å². The SMILES string of the molecule is CC1CN=c2cc[nH]c2=NC1. The fourth-order valence-electron chi connectivity index (χ4n) is 1.17. The Hall–Kier alpha value is -1.12. The van der Waals surface area contributed by atoms with Crippen molar-refractivity contribution in [3.8, 4) is 0 Å². The molecule has 3 nitrogen and oxygen atoms in total. The van der Waals surface area contributed by atoms with Crippen LogP contribution in [0.1, 0.15) is 6.92 Å². The summed E-state index contributed by atoms with van der Waals surface area (Å²) in [6, 6.07) is 1.97. The molecule has 1 unspecified atom stereocenters. The van der Waals surface area contributed by atoms with Crippen molar-refractivity contribution in [1.82, 2.24) is 4.98 Å². The van der Waals surface area contributed by atoms with Gasteiger partial charge < -0.3 is 4.98 Å². The lowest BCUT2D eigenvalue weighted by molar-refractivity contribution is 0.608. The number of hydrogen-bond donors (Lipinski definition) is 1. The molecule has 1 N–H and O–H groups in total. The fraction of sp³-hybridized carbons (Fsp3) is 0.500. The average Bonchev–Trinajstić information content (AvgIpc) is 2.38. The maximum absolute atomic E-state index is 4.40. The van der Waals surface area contributed by atoms with Gasteiger partial charge in [0.25, 0.3) is 0 Å². The molecule has 11 heavy (non-hydrogen) atoms. The number of rotatable bonds is 0. The van der Waals surface area contributed by atoms with Crippen LogP contribution in [-0.4, -0.2) is 18.1 Å². The number of nitrogens with one attached hydrogen (secondary N) is 1. The molecule has 1 aliphatic rings. The summed E-state index contributed by atoms with van der Waals surface area (Å²) < 4.78 is 0. The first-order valence-corrected chi connectivity index (χ1v) is 3.88. The second-order valence-electron chi connectivity index (χ2n) is 3.00. The average molecular weight is 149 g/mol. The van der Waals surface area contributed by atoms with Gasteiger partial charge in [0.1, 0.15) is 5.36 Å². The monoisotopic (exact) mass is 149 g/mol. The minimum Gasteiger partial charge on any atom is -0.345 e. The van der Waals surface area contributed by atoms with E-state index in [0.29, 0.717) is 5.92 Å². The van der Waals surface area contributed by atoms with Gasteiger partial charge in [-0.2, -0.15) is 0 Å². The van der Waals surface area contributed by atoms with E-state index in [1.54, 1.807) is 0 Å². The maximum Gasteiger partial charge on any atom is 0.150 e. The molecule has 0 saturated heterocycles. The number of nitrogens with zero attached hydrogens (tertiary/aromatic N) is 2. The Kier molecular flexibility index (Phi) is 1.49. The summed E-state index contributed by atoms with van der Waals surface area (Å²) >= 11 is 0. The fourth-order valence-corrected chi connectivity index (χ4v) is 1.17. The molecule has 0 aromatic carbocycles. The van der Waals surface area contributed by atoms with Crippen molar-refractivity contribution < 1.29 is 0 Å². The second-order valence-corrected chi connectivity index (χ2v) is 3.00. The van der Waals surface area contributed by atoms with Gasteiger partial charge in [-0.3, -0.25) is 9.98 Å². The predicted octanol–water partition coefficient (Wildman–Crippen LogP) is -0.0964. The van der Waals surface area contributed by atoms with Crippen LogP contribution in [0.5, 0.6) is 0 Å². The van der Waals surface area contributed by atoms with Crippen LogP contribution in [0.4, 0.5) is 0 Å². The van der Waals surface area contributed by atoms with Gasteiger partial charge in [-0.1, -0.05) is 6.92 Å². The summed E-state index contributed by atoms with van der Waals surface area (Å²) in [5.74, 6) is 0.579. The van der Waals surface area contributed by atoms with E-state index in [4.69, 9.17) is 0 Å². The zero-order valence-electron chi connectivity index (χ0n) is 6.54. The first-order chi connectivity index (χ1) is 5.36. The molecule has 1 aromatic rings. The van der Waals surface area contributed by atoms with Gasteiger partial charge >= 0.3 is 0 Å². The summed E-state index contributed by atoms with van der Waals surface area (Å²) in [5.41, 5.74) is 0.939. The van der Waals surface area contributed by atoms with Gasteiger partial charge in [0.2, 0.25) is 0 Å². The Balaban J connectivity index is 2.58. The molecule has 0 bridgehead atoms. The van der Waals surface area contributed by atoms with E-state index >= 15 is 0 Å². The Morgan fingerprint density at radius 1 is 1.45 bits per heavy atom. The zero-order valence-corrected chi connectivity index (χ0v) is 6.54. The van der Waals surface area contributed by atoms with Gasteiger partial charge in [0.15, 0.2) is 5.49 Å². The quantitative estimate of drug-likeness (QED) is 0.535. The predicted molar refractivity (Wildman–Crippen MR) is 42.0 cm³/mol. The normalized spacial score (nSPS) is 22.8. The van der Waals surface area contributed by atoms with Gasteiger partial charge in [-0.15, -0.1) is 0 Å². The number of hydrogen-bond acceptors (Lipinski definition) is 2. The highest BCUT2D eigenvalue weighted by Gasteiger charge is 2.02. The van der Waals surface area contributed by atoms with Crippen molar-refractivity contribution in [2.24, 2.45) is 15.9 Å². The van der Waals surface area contributed by atoms with Crippen molar-refractivity contribution in [2.75, 3.05) is 13.1 Å². The lowest BCUT2D eigenvalue weighted by Crippen LogP contribution is -2.22. The smallest absolute Gasteiger partial charge is 0.150 e. The summed E-state index contributed by atoms with van der Waals surface area (Å²) in [4.78, 5) is 11.8. The van der Waals surface area contributed by atoms with E-state index < -0.39 is 0 Å². The van der Waals surface area contributed by atoms with Crippen LogP contribution in [0.25, 0.3) is 0 Å². The van der Waals surface area contributed by atoms with E-state index in [-0.39, 0.29) is 0 Å². The van der Waals surface area contributed by atoms with Crippen LogP contribution in [0.3, 0.4) is 0 Å². The van der Waals surface area contributed by atoms with E-state index in [2.05, 4.69) is 21.9 Å². The number of fused-ring (bicyclic) bond motifs is 1. The highest BCUT2D eigenvalue weighted by Crippen LogP contribution is 1.95. The Bertz CT molecular complexity index is 317. The molecule has 3 heteroatoms. The van der Waals surface area contributed by atoms with Crippen LogP contribution in [0, 0.1) is 5.92 Å². The molecule has 0 spiro atoms. The van der Waals surface area contributed by atoms with Gasteiger partial charge in [0, 0.05) is 19.3 Å². The molecule has 2 heterocycles. The van der Waals surface area contributed by atoms with E-state index in [1.165, 1.54) is 0 Å². The van der Waals surface area contributed by atoms with Crippen molar-refractivity contribution in [3.63, 3.8) is 0 Å². The lowest BCUT2D eigenvalue weighted by Gasteiger charge is -1.99. The summed E-state index contributed by atoms with van der Waals surface area (Å²) in [7, 11) is 0. The molecule has 0 aliphatic carbocycles. The minimum atomic E-state index is 0.579. The Morgan fingerprint density at radius 3 is 3.18 bits per heavy atom. The molecule has 0 radical (unpaired) electrons. The maximum atomic E-state index is 4.40. The molecule has 58 valence electrons. The van der Waals surface area contributed by atoms with Crippen molar-refractivity contribution in [2.45, 2.75) is 6.92 Å². The van der Waals surface area contributed by atoms with Gasteiger partial charge in [-0.25, -0.2) is 0 Å². The topological polar surface area (TPSA) is 40.5 Å². The standard InChI is InChI=1S/C8H11N3/c1-6-4-10-7-2-3-9-8(7)11-5-6/h2-3,6H,4-5H2,1H3,(H,9,11). The molecule has 2 rings (SSSR count).